The molecule has 1 aliphatic heterocycles. The van der Waals surface area contributed by atoms with Crippen LogP contribution in [0.4, 0.5) is 0 Å². The molecule has 4 N–H and O–H groups in total. The van der Waals surface area contributed by atoms with Crippen molar-refractivity contribution in [2.75, 3.05) is 33.2 Å². The van der Waals surface area contributed by atoms with Crippen molar-refractivity contribution >= 4 is 11.9 Å². The van der Waals surface area contributed by atoms with Crippen LogP contribution < -0.4 is 16.4 Å². The van der Waals surface area contributed by atoms with E-state index in [-0.39, 0.29) is 11.8 Å². The van der Waals surface area contributed by atoms with Gasteiger partial charge in [-0.05, 0) is 63.9 Å². The Balaban J connectivity index is 1.47. The minimum absolute atomic E-state index is 0.00146. The fourth-order valence-electron chi connectivity index (χ4n) is 4.14. The predicted molar refractivity (Wildman–Crippen MR) is 124 cm³/mol. The van der Waals surface area contributed by atoms with Crippen LogP contribution in [-0.2, 0) is 11.3 Å². The van der Waals surface area contributed by atoms with Gasteiger partial charge in [-0.25, -0.2) is 4.68 Å². The van der Waals surface area contributed by atoms with Crippen molar-refractivity contribution in [3.8, 4) is 5.69 Å². The van der Waals surface area contributed by atoms with Crippen molar-refractivity contribution in [3.05, 3.63) is 47.3 Å². The molecule has 8 nitrogen and oxygen atoms in total. The quantitative estimate of drug-likeness (QED) is 0.340. The second-order valence-electron chi connectivity index (χ2n) is 8.22. The zero-order valence-electron chi connectivity index (χ0n) is 18.9. The van der Waals surface area contributed by atoms with Crippen LogP contribution >= 0.6 is 0 Å². The van der Waals surface area contributed by atoms with Crippen molar-refractivity contribution < 1.29 is 4.79 Å². The molecule has 1 saturated heterocycles. The number of nitrogens with two attached hydrogens (primary N) is 1. The van der Waals surface area contributed by atoms with Crippen molar-refractivity contribution in [3.63, 3.8) is 0 Å². The Morgan fingerprint density at radius 2 is 2.10 bits per heavy atom. The lowest BCUT2D eigenvalue weighted by Gasteiger charge is -2.31. The highest BCUT2D eigenvalue weighted by Gasteiger charge is 2.23. The second kappa shape index (κ2) is 10.9. The smallest absolute Gasteiger partial charge is 0.221 e. The summed E-state index contributed by atoms with van der Waals surface area (Å²) in [4.78, 5) is 18.1. The van der Waals surface area contributed by atoms with Gasteiger partial charge in [0.25, 0.3) is 0 Å². The monoisotopic (exact) mass is 425 g/mol. The number of hydrogen-bond acceptors (Lipinski definition) is 4. The number of amides is 1. The number of guanidine groups is 1. The molecular formula is C23H35N7O. The fraction of sp³-hybridized carbons (Fsp3) is 0.522. The highest BCUT2D eigenvalue weighted by molar-refractivity contribution is 5.79. The fourth-order valence-corrected chi connectivity index (χ4v) is 4.14. The van der Waals surface area contributed by atoms with Crippen molar-refractivity contribution in [1.29, 1.82) is 0 Å². The minimum Gasteiger partial charge on any atom is -0.369 e. The molecule has 1 fully saturated rings. The lowest BCUT2D eigenvalue weighted by molar-refractivity contribution is -0.123. The number of carbonyl (C=O) groups excluding carboxylic acids is 1. The van der Waals surface area contributed by atoms with Gasteiger partial charge in [-0.2, -0.15) is 5.10 Å². The van der Waals surface area contributed by atoms with Gasteiger partial charge in [0.05, 0.1) is 17.3 Å². The van der Waals surface area contributed by atoms with Crippen LogP contribution in [0.1, 0.15) is 36.2 Å². The summed E-state index contributed by atoms with van der Waals surface area (Å²) in [5.41, 5.74) is 9.82. The van der Waals surface area contributed by atoms with E-state index < -0.39 is 0 Å². The summed E-state index contributed by atoms with van der Waals surface area (Å²) < 4.78 is 1.99. The van der Waals surface area contributed by atoms with Gasteiger partial charge in [0.2, 0.25) is 5.91 Å². The molecule has 3 rings (SSSR count). The largest absolute Gasteiger partial charge is 0.369 e. The molecule has 31 heavy (non-hydrogen) atoms. The first kappa shape index (κ1) is 22.8. The van der Waals surface area contributed by atoms with Gasteiger partial charge in [-0.3, -0.25) is 9.79 Å². The molecule has 2 heterocycles. The molecule has 1 unspecified atom stereocenters. The predicted octanol–water partition coefficient (Wildman–Crippen LogP) is 1.74. The van der Waals surface area contributed by atoms with Gasteiger partial charge >= 0.3 is 0 Å². The number of carbonyl (C=O) groups is 1. The Hall–Kier alpha value is -2.87. The molecule has 1 atom stereocenters. The van der Waals surface area contributed by atoms with Crippen LogP contribution in [0.5, 0.6) is 0 Å². The first-order chi connectivity index (χ1) is 15.0. The summed E-state index contributed by atoms with van der Waals surface area (Å²) in [5.74, 6) is 0.600. The molecule has 1 aromatic heterocycles. The second-order valence-corrected chi connectivity index (χ2v) is 8.22. The first-order valence-corrected chi connectivity index (χ1v) is 11.1. The van der Waals surface area contributed by atoms with E-state index in [0.717, 1.165) is 74.0 Å². The topological polar surface area (TPSA) is 101 Å². The number of piperidine rings is 1. The van der Waals surface area contributed by atoms with Gasteiger partial charge in [0, 0.05) is 32.4 Å². The zero-order valence-corrected chi connectivity index (χ0v) is 18.9. The maximum absolute atomic E-state index is 11.4. The van der Waals surface area contributed by atoms with Crippen molar-refractivity contribution in [2.24, 2.45) is 16.6 Å². The van der Waals surface area contributed by atoms with Crippen molar-refractivity contribution in [1.82, 2.24) is 25.3 Å². The summed E-state index contributed by atoms with van der Waals surface area (Å²) >= 11 is 0. The molecule has 0 radical (unpaired) electrons. The Kier molecular flexibility index (Phi) is 8.06. The third kappa shape index (κ3) is 6.30. The average molecular weight is 426 g/mol. The number of aromatic nitrogens is 2. The van der Waals surface area contributed by atoms with E-state index in [1.807, 2.05) is 23.7 Å². The van der Waals surface area contributed by atoms with Gasteiger partial charge in [0.1, 0.15) is 0 Å². The number of aliphatic imine (C=N–C) groups is 1. The van der Waals surface area contributed by atoms with Crippen molar-refractivity contribution in [2.45, 2.75) is 39.7 Å². The minimum atomic E-state index is -0.173. The number of nitrogens with zero attached hydrogens (tertiary/aromatic N) is 4. The van der Waals surface area contributed by atoms with E-state index in [4.69, 9.17) is 5.73 Å². The molecule has 0 saturated carbocycles. The number of para-hydroxylation sites is 1. The normalized spacial score (nSPS) is 17.5. The summed E-state index contributed by atoms with van der Waals surface area (Å²) in [6.45, 7) is 8.32. The Morgan fingerprint density at radius 3 is 2.81 bits per heavy atom. The molecule has 0 spiro atoms. The maximum atomic E-state index is 11.4. The first-order valence-electron chi connectivity index (χ1n) is 11.1. The molecular weight excluding hydrogens is 390 g/mol. The lowest BCUT2D eigenvalue weighted by atomic mass is 9.97. The number of rotatable bonds is 8. The summed E-state index contributed by atoms with van der Waals surface area (Å²) in [5, 5.41) is 11.4. The van der Waals surface area contributed by atoms with Crippen LogP contribution in [-0.4, -0.2) is 59.8 Å². The standard InChI is InChI=1S/C23H35N7O/c1-17-14-18(2)30(28-17)21-10-5-4-8-19(21)15-27-23(25-3)26-11-7-13-29-12-6-9-20(16-29)22(24)31/h4-5,8,10,14,20H,6-7,9,11-13,15-16H2,1-3H3,(H2,24,31)(H2,25,26,27). The number of primary amides is 1. The molecule has 168 valence electrons. The zero-order chi connectivity index (χ0) is 22.2. The number of likely N-dealkylation sites (tertiary alicyclic amines) is 1. The molecule has 1 aromatic carbocycles. The number of benzene rings is 1. The van der Waals surface area contributed by atoms with Crippen LogP contribution in [0.15, 0.2) is 35.3 Å². The Bertz CT molecular complexity index is 905. The summed E-state index contributed by atoms with van der Waals surface area (Å²) in [7, 11) is 1.78. The van der Waals surface area contributed by atoms with E-state index in [9.17, 15) is 4.79 Å². The van der Waals surface area contributed by atoms with E-state index in [1.54, 1.807) is 7.05 Å². The number of hydrogen-bond donors (Lipinski definition) is 3. The number of aryl methyl sites for hydroxylation is 2. The molecule has 0 bridgehead atoms. The third-order valence-corrected chi connectivity index (χ3v) is 5.75. The highest BCUT2D eigenvalue weighted by atomic mass is 16.1. The molecule has 0 aliphatic carbocycles. The van der Waals surface area contributed by atoms with Gasteiger partial charge in [-0.15, -0.1) is 0 Å². The van der Waals surface area contributed by atoms with E-state index in [2.05, 4.69) is 50.7 Å². The molecule has 2 aromatic rings. The Morgan fingerprint density at radius 1 is 1.29 bits per heavy atom. The van der Waals surface area contributed by atoms with Gasteiger partial charge in [-0.1, -0.05) is 18.2 Å². The van der Waals surface area contributed by atoms with Gasteiger partial charge in [0.15, 0.2) is 5.96 Å². The SMILES string of the molecule is CN=C(NCCCN1CCCC(C(N)=O)C1)NCc1ccccc1-n1nc(C)cc1C. The average Bonchev–Trinajstić information content (AvgIpc) is 3.11. The molecule has 1 aliphatic rings. The highest BCUT2D eigenvalue weighted by Crippen LogP contribution is 2.17. The van der Waals surface area contributed by atoms with Crippen LogP contribution in [0.2, 0.25) is 0 Å². The lowest BCUT2D eigenvalue weighted by Crippen LogP contribution is -2.42. The van der Waals surface area contributed by atoms with Crippen LogP contribution in [0.3, 0.4) is 0 Å². The van der Waals surface area contributed by atoms with Crippen LogP contribution in [0.25, 0.3) is 5.69 Å². The van der Waals surface area contributed by atoms with E-state index in [1.165, 1.54) is 0 Å². The molecule has 1 amide bonds. The van der Waals surface area contributed by atoms with Gasteiger partial charge < -0.3 is 21.3 Å². The summed E-state index contributed by atoms with van der Waals surface area (Å²) in [6.07, 6.45) is 2.94. The third-order valence-electron chi connectivity index (χ3n) is 5.75. The summed E-state index contributed by atoms with van der Waals surface area (Å²) in [6, 6.07) is 10.4. The molecule has 8 heteroatoms. The van der Waals surface area contributed by atoms with Crippen LogP contribution in [0, 0.1) is 19.8 Å². The number of nitrogens with one attached hydrogen (secondary N) is 2. The Labute approximate surface area is 184 Å². The maximum Gasteiger partial charge on any atom is 0.221 e. The van der Waals surface area contributed by atoms with E-state index in [0.29, 0.717) is 6.54 Å². The van der Waals surface area contributed by atoms with E-state index >= 15 is 0 Å².